The maximum atomic E-state index is 12.4. The van der Waals surface area contributed by atoms with Gasteiger partial charge in [-0.25, -0.2) is 0 Å². The number of nitro benzene ring substituents is 1. The minimum absolute atomic E-state index is 0.158. The van der Waals surface area contributed by atoms with Crippen LogP contribution >= 0.6 is 0 Å². The predicted octanol–water partition coefficient (Wildman–Crippen LogP) is 1.68. The van der Waals surface area contributed by atoms with E-state index < -0.39 is 47.5 Å². The maximum Gasteiger partial charge on any atom is 0.326 e. The molecule has 2 aromatic rings. The Kier molecular flexibility index (Phi) is 5.35. The van der Waals surface area contributed by atoms with Gasteiger partial charge in [0.2, 0.25) is 0 Å². The number of imide groups is 1. The molecule has 0 radical (unpaired) electrons. The Labute approximate surface area is 164 Å². The molecule has 2 aromatic carbocycles. The Morgan fingerprint density at radius 3 is 2.55 bits per heavy atom. The lowest BCUT2D eigenvalue weighted by Crippen LogP contribution is -2.36. The van der Waals surface area contributed by atoms with Crippen LogP contribution in [-0.4, -0.2) is 46.7 Å². The summed E-state index contributed by atoms with van der Waals surface area (Å²) in [6, 6.07) is 10.6. The molecular formula is C19H15N3O7. The van der Waals surface area contributed by atoms with Crippen molar-refractivity contribution in [3.05, 3.63) is 69.3 Å². The average molecular weight is 397 g/mol. The molecule has 1 heterocycles. The number of amides is 3. The molecule has 0 fully saturated rings. The van der Waals surface area contributed by atoms with Gasteiger partial charge < -0.3 is 10.1 Å². The third-order valence-corrected chi connectivity index (χ3v) is 4.13. The topological polar surface area (TPSA) is 136 Å². The second kappa shape index (κ2) is 7.89. The fraction of sp³-hybridized carbons (Fsp3) is 0.158. The fourth-order valence-electron chi connectivity index (χ4n) is 2.85. The summed E-state index contributed by atoms with van der Waals surface area (Å²) >= 11 is 0. The van der Waals surface area contributed by atoms with E-state index in [9.17, 15) is 29.3 Å². The SMILES string of the molecule is Cc1cccc(NC(=O)COC(=O)CN2C(=O)c3cccc([N+](=O)[O-])c3C2=O)c1. The van der Waals surface area contributed by atoms with E-state index in [2.05, 4.69) is 5.32 Å². The molecular weight excluding hydrogens is 382 g/mol. The minimum Gasteiger partial charge on any atom is -0.454 e. The molecule has 29 heavy (non-hydrogen) atoms. The molecule has 0 bridgehead atoms. The highest BCUT2D eigenvalue weighted by Crippen LogP contribution is 2.30. The van der Waals surface area contributed by atoms with Crippen LogP contribution in [0.15, 0.2) is 42.5 Å². The summed E-state index contributed by atoms with van der Waals surface area (Å²) in [5.74, 6) is -3.39. The van der Waals surface area contributed by atoms with E-state index in [0.29, 0.717) is 10.6 Å². The zero-order valence-electron chi connectivity index (χ0n) is 15.2. The molecule has 10 nitrogen and oxygen atoms in total. The van der Waals surface area contributed by atoms with E-state index in [0.717, 1.165) is 11.6 Å². The van der Waals surface area contributed by atoms with Crippen LogP contribution < -0.4 is 5.32 Å². The van der Waals surface area contributed by atoms with Gasteiger partial charge in [0.25, 0.3) is 23.4 Å². The van der Waals surface area contributed by atoms with E-state index in [-0.39, 0.29) is 11.1 Å². The number of anilines is 1. The summed E-state index contributed by atoms with van der Waals surface area (Å²) in [7, 11) is 0. The van der Waals surface area contributed by atoms with E-state index in [1.165, 1.54) is 12.1 Å². The van der Waals surface area contributed by atoms with Crippen LogP contribution in [0.5, 0.6) is 0 Å². The lowest BCUT2D eigenvalue weighted by Gasteiger charge is -2.13. The van der Waals surface area contributed by atoms with Crippen molar-refractivity contribution < 1.29 is 28.8 Å². The van der Waals surface area contributed by atoms with Crippen LogP contribution in [0.3, 0.4) is 0 Å². The Bertz CT molecular complexity index is 1050. The van der Waals surface area contributed by atoms with Gasteiger partial charge in [0.15, 0.2) is 6.61 Å². The number of rotatable bonds is 6. The lowest BCUT2D eigenvalue weighted by atomic mass is 10.1. The largest absolute Gasteiger partial charge is 0.454 e. The van der Waals surface area contributed by atoms with E-state index in [1.54, 1.807) is 18.2 Å². The van der Waals surface area contributed by atoms with Gasteiger partial charge in [0.05, 0.1) is 10.5 Å². The van der Waals surface area contributed by atoms with E-state index in [4.69, 9.17) is 4.74 Å². The summed E-state index contributed by atoms with van der Waals surface area (Å²) < 4.78 is 4.81. The van der Waals surface area contributed by atoms with Crippen molar-refractivity contribution in [3.8, 4) is 0 Å². The Morgan fingerprint density at radius 1 is 1.14 bits per heavy atom. The van der Waals surface area contributed by atoms with Gasteiger partial charge in [-0.05, 0) is 30.7 Å². The number of aryl methyl sites for hydroxylation is 1. The van der Waals surface area contributed by atoms with Crippen LogP contribution in [-0.2, 0) is 14.3 Å². The normalized spacial score (nSPS) is 12.5. The molecule has 1 N–H and O–H groups in total. The first-order valence-corrected chi connectivity index (χ1v) is 8.43. The average Bonchev–Trinajstić information content (AvgIpc) is 2.91. The van der Waals surface area contributed by atoms with E-state index >= 15 is 0 Å². The van der Waals surface area contributed by atoms with Gasteiger partial charge in [-0.3, -0.25) is 34.2 Å². The van der Waals surface area contributed by atoms with Crippen molar-refractivity contribution in [2.45, 2.75) is 6.92 Å². The number of carbonyl (C=O) groups is 4. The highest BCUT2D eigenvalue weighted by Gasteiger charge is 2.41. The Balaban J connectivity index is 1.60. The molecule has 3 rings (SSSR count). The number of benzene rings is 2. The van der Waals surface area contributed by atoms with Crippen LogP contribution in [0, 0.1) is 17.0 Å². The third-order valence-electron chi connectivity index (χ3n) is 4.13. The molecule has 0 saturated carbocycles. The minimum atomic E-state index is -0.999. The highest BCUT2D eigenvalue weighted by atomic mass is 16.6. The fourth-order valence-corrected chi connectivity index (χ4v) is 2.85. The number of nitro groups is 1. The number of carbonyl (C=O) groups excluding carboxylic acids is 4. The molecule has 0 atom stereocenters. The molecule has 0 unspecified atom stereocenters. The molecule has 10 heteroatoms. The van der Waals surface area contributed by atoms with Crippen molar-refractivity contribution in [3.63, 3.8) is 0 Å². The molecule has 0 aromatic heterocycles. The summed E-state index contributed by atoms with van der Waals surface area (Å²) in [6.07, 6.45) is 0. The first-order chi connectivity index (χ1) is 13.8. The monoisotopic (exact) mass is 397 g/mol. The van der Waals surface area contributed by atoms with Crippen LogP contribution in [0.1, 0.15) is 26.3 Å². The standard InChI is InChI=1S/C19H15N3O7/c1-11-4-2-5-12(8-11)20-15(23)10-29-16(24)9-21-18(25)13-6-3-7-14(22(27)28)17(13)19(21)26/h2-8H,9-10H2,1H3,(H,20,23). The third kappa shape index (κ3) is 4.10. The van der Waals surface area contributed by atoms with Crippen molar-refractivity contribution >= 4 is 35.1 Å². The van der Waals surface area contributed by atoms with Gasteiger partial charge in [-0.2, -0.15) is 0 Å². The quantitative estimate of drug-likeness (QED) is 0.339. The maximum absolute atomic E-state index is 12.4. The van der Waals surface area contributed by atoms with Crippen molar-refractivity contribution in [1.82, 2.24) is 4.90 Å². The van der Waals surface area contributed by atoms with Crippen LogP contribution in [0.25, 0.3) is 0 Å². The van der Waals surface area contributed by atoms with Gasteiger partial charge in [0.1, 0.15) is 12.1 Å². The first kappa shape index (κ1) is 19.7. The number of hydrogen-bond donors (Lipinski definition) is 1. The van der Waals surface area contributed by atoms with Crippen LogP contribution in [0.4, 0.5) is 11.4 Å². The predicted molar refractivity (Wildman–Crippen MR) is 99.2 cm³/mol. The van der Waals surface area contributed by atoms with Gasteiger partial charge in [0, 0.05) is 11.8 Å². The molecule has 0 aliphatic carbocycles. The summed E-state index contributed by atoms with van der Waals surface area (Å²) in [5.41, 5.74) is 0.411. The molecule has 1 aliphatic heterocycles. The summed E-state index contributed by atoms with van der Waals surface area (Å²) in [6.45, 7) is 0.472. The molecule has 0 saturated heterocycles. The molecule has 3 amide bonds. The summed E-state index contributed by atoms with van der Waals surface area (Å²) in [4.78, 5) is 59.4. The highest BCUT2D eigenvalue weighted by molar-refractivity contribution is 6.24. The van der Waals surface area contributed by atoms with Crippen molar-refractivity contribution in [2.24, 2.45) is 0 Å². The molecule has 0 spiro atoms. The Hall–Kier alpha value is -4.08. The summed E-state index contributed by atoms with van der Waals surface area (Å²) in [5, 5.41) is 13.6. The van der Waals surface area contributed by atoms with Gasteiger partial charge in [-0.15, -0.1) is 0 Å². The number of hydrogen-bond acceptors (Lipinski definition) is 7. The van der Waals surface area contributed by atoms with Crippen LogP contribution in [0.2, 0.25) is 0 Å². The molecule has 1 aliphatic rings. The number of fused-ring (bicyclic) bond motifs is 1. The number of ether oxygens (including phenoxy) is 1. The zero-order valence-corrected chi connectivity index (χ0v) is 15.2. The van der Waals surface area contributed by atoms with Crippen molar-refractivity contribution in [1.29, 1.82) is 0 Å². The van der Waals surface area contributed by atoms with E-state index in [1.807, 2.05) is 13.0 Å². The molecule has 148 valence electrons. The van der Waals surface area contributed by atoms with Crippen molar-refractivity contribution in [2.75, 3.05) is 18.5 Å². The van der Waals surface area contributed by atoms with Gasteiger partial charge in [-0.1, -0.05) is 18.2 Å². The first-order valence-electron chi connectivity index (χ1n) is 8.43. The lowest BCUT2D eigenvalue weighted by molar-refractivity contribution is -0.385. The smallest absolute Gasteiger partial charge is 0.326 e. The second-order valence-corrected chi connectivity index (χ2v) is 6.23. The second-order valence-electron chi connectivity index (χ2n) is 6.23. The number of esters is 1. The zero-order chi connectivity index (χ0) is 21.1. The number of nitrogens with one attached hydrogen (secondary N) is 1. The Morgan fingerprint density at radius 2 is 1.86 bits per heavy atom. The number of nitrogens with zero attached hydrogens (tertiary/aromatic N) is 2. The van der Waals surface area contributed by atoms with Gasteiger partial charge >= 0.3 is 5.97 Å².